The molecular formula is C20H27ClN4O2. The van der Waals surface area contributed by atoms with Gasteiger partial charge in [0.15, 0.2) is 6.04 Å². The van der Waals surface area contributed by atoms with E-state index in [-0.39, 0.29) is 24.2 Å². The second-order valence-electron chi connectivity index (χ2n) is 5.98. The number of nitrogen functional groups attached to an aromatic ring is 1. The van der Waals surface area contributed by atoms with Crippen molar-refractivity contribution in [2.24, 2.45) is 5.73 Å². The van der Waals surface area contributed by atoms with Gasteiger partial charge in [0, 0.05) is 23.5 Å². The van der Waals surface area contributed by atoms with E-state index >= 15 is 0 Å². The van der Waals surface area contributed by atoms with Gasteiger partial charge >= 0.3 is 5.97 Å². The van der Waals surface area contributed by atoms with Crippen LogP contribution in [0.1, 0.15) is 36.6 Å². The molecule has 0 aliphatic carbocycles. The first-order valence-electron chi connectivity index (χ1n) is 8.67. The number of benzene rings is 2. The van der Waals surface area contributed by atoms with E-state index in [0.29, 0.717) is 12.2 Å². The first kappa shape index (κ1) is 22.3. The van der Waals surface area contributed by atoms with Gasteiger partial charge in [-0.2, -0.15) is 0 Å². The van der Waals surface area contributed by atoms with Gasteiger partial charge < -0.3 is 21.1 Å². The number of esters is 1. The van der Waals surface area contributed by atoms with Crippen molar-refractivity contribution in [1.82, 2.24) is 0 Å². The monoisotopic (exact) mass is 390 g/mol. The predicted octanol–water partition coefficient (Wildman–Crippen LogP) is 3.85. The van der Waals surface area contributed by atoms with Crippen LogP contribution in [-0.2, 0) is 9.53 Å². The normalized spacial score (nSPS) is 11.1. The maximum Gasteiger partial charge on any atom is 0.333 e. The highest BCUT2D eigenvalue weighted by molar-refractivity contribution is 5.95. The Morgan fingerprint density at radius 3 is 2.37 bits per heavy atom. The van der Waals surface area contributed by atoms with Gasteiger partial charge in [0.05, 0.1) is 6.61 Å². The average Bonchev–Trinajstić information content (AvgIpc) is 2.60. The molecule has 2 aromatic rings. The summed E-state index contributed by atoms with van der Waals surface area (Å²) in [5.74, 6) is -0.330. The van der Waals surface area contributed by atoms with Crippen LogP contribution >= 0.6 is 12.4 Å². The lowest BCUT2D eigenvalue weighted by atomic mass is 10.0. The van der Waals surface area contributed by atoms with E-state index in [1.165, 1.54) is 0 Å². The van der Waals surface area contributed by atoms with Crippen LogP contribution in [0.4, 0.5) is 11.4 Å². The minimum absolute atomic E-state index is 0. The molecule has 0 bridgehead atoms. The number of carbonyl (C=O) groups is 1. The molecule has 0 amide bonds. The van der Waals surface area contributed by atoms with E-state index in [2.05, 4.69) is 10.6 Å². The summed E-state index contributed by atoms with van der Waals surface area (Å²) in [6, 6.07) is 12.4. The van der Waals surface area contributed by atoms with Crippen LogP contribution < -0.4 is 16.4 Å². The third-order valence-corrected chi connectivity index (χ3v) is 3.84. The Morgan fingerprint density at radius 1 is 1.15 bits per heavy atom. The Bertz CT molecular complexity index is 778. The number of aryl methyl sites for hydroxylation is 1. The van der Waals surface area contributed by atoms with Crippen LogP contribution in [0, 0.1) is 12.3 Å². The molecule has 0 radical (unpaired) electrons. The number of halogens is 1. The van der Waals surface area contributed by atoms with E-state index in [1.807, 2.05) is 32.0 Å². The fourth-order valence-corrected chi connectivity index (χ4v) is 2.70. The lowest BCUT2D eigenvalue weighted by Gasteiger charge is -2.20. The molecule has 0 fully saturated rings. The summed E-state index contributed by atoms with van der Waals surface area (Å²) < 4.78 is 5.26. The molecule has 146 valence electrons. The highest BCUT2D eigenvalue weighted by Gasteiger charge is 2.22. The Morgan fingerprint density at radius 2 is 1.81 bits per heavy atom. The van der Waals surface area contributed by atoms with Gasteiger partial charge in [-0.05, 0) is 68.3 Å². The van der Waals surface area contributed by atoms with E-state index in [0.717, 1.165) is 29.0 Å². The summed E-state index contributed by atoms with van der Waals surface area (Å²) in [5, 5.41) is 14.0. The van der Waals surface area contributed by atoms with Crippen LogP contribution in [0.2, 0.25) is 0 Å². The van der Waals surface area contributed by atoms with Gasteiger partial charge in [-0.3, -0.25) is 5.41 Å². The third kappa shape index (κ3) is 6.18. The Labute approximate surface area is 166 Å². The molecule has 0 saturated heterocycles. The average molecular weight is 391 g/mol. The first-order chi connectivity index (χ1) is 12.4. The van der Waals surface area contributed by atoms with Gasteiger partial charge in [0.25, 0.3) is 0 Å². The lowest BCUT2D eigenvalue weighted by Crippen LogP contribution is -2.24. The fourth-order valence-electron chi connectivity index (χ4n) is 2.70. The summed E-state index contributed by atoms with van der Waals surface area (Å²) in [4.78, 5) is 12.5. The molecule has 1 unspecified atom stereocenters. The van der Waals surface area contributed by atoms with Crippen molar-refractivity contribution < 1.29 is 9.53 Å². The van der Waals surface area contributed by atoms with Crippen LogP contribution in [-0.4, -0.2) is 25.0 Å². The van der Waals surface area contributed by atoms with Crippen molar-refractivity contribution in [3.63, 3.8) is 0 Å². The molecule has 6 nitrogen and oxygen atoms in total. The quantitative estimate of drug-likeness (QED) is 0.311. The van der Waals surface area contributed by atoms with Crippen LogP contribution in [0.25, 0.3) is 0 Å². The highest BCUT2D eigenvalue weighted by Crippen LogP contribution is 2.25. The fraction of sp³-hybridized carbons (Fsp3) is 0.300. The molecule has 0 aliphatic rings. The van der Waals surface area contributed by atoms with Gasteiger partial charge in [-0.25, -0.2) is 4.79 Å². The molecule has 2 aromatic carbocycles. The number of hydrogen-bond acceptors (Lipinski definition) is 5. The van der Waals surface area contributed by atoms with E-state index in [4.69, 9.17) is 15.9 Å². The smallest absolute Gasteiger partial charge is 0.333 e. The van der Waals surface area contributed by atoms with Gasteiger partial charge in [-0.1, -0.05) is 6.07 Å². The molecule has 27 heavy (non-hydrogen) atoms. The SMILES string of the molecule is CCNc1cc(C)cc(C(Nc2ccc(C(=N)N)cc2)C(=O)OCC)c1.Cl. The zero-order chi connectivity index (χ0) is 19.1. The second kappa shape index (κ2) is 10.4. The number of ether oxygens (including phenoxy) is 1. The summed E-state index contributed by atoms with van der Waals surface area (Å²) in [6.07, 6.45) is 0. The second-order valence-corrected chi connectivity index (χ2v) is 5.98. The van der Waals surface area contributed by atoms with Crippen molar-refractivity contribution >= 4 is 35.6 Å². The van der Waals surface area contributed by atoms with E-state index in [1.54, 1.807) is 31.2 Å². The molecule has 0 spiro atoms. The number of rotatable bonds is 8. The number of amidine groups is 1. The number of hydrogen-bond donors (Lipinski definition) is 4. The highest BCUT2D eigenvalue weighted by atomic mass is 35.5. The number of nitrogens with two attached hydrogens (primary N) is 1. The Hall–Kier alpha value is -2.73. The Kier molecular flexibility index (Phi) is 8.62. The predicted molar refractivity (Wildman–Crippen MR) is 113 cm³/mol. The summed E-state index contributed by atoms with van der Waals surface area (Å²) in [5.41, 5.74) is 9.72. The zero-order valence-corrected chi connectivity index (χ0v) is 16.7. The number of carbonyl (C=O) groups excluding carboxylic acids is 1. The minimum atomic E-state index is -0.629. The molecule has 0 heterocycles. The van der Waals surface area contributed by atoms with Crippen molar-refractivity contribution in [2.75, 3.05) is 23.8 Å². The van der Waals surface area contributed by atoms with Crippen molar-refractivity contribution in [1.29, 1.82) is 5.41 Å². The summed E-state index contributed by atoms with van der Waals surface area (Å²) in [7, 11) is 0. The molecule has 7 heteroatoms. The molecule has 2 rings (SSSR count). The van der Waals surface area contributed by atoms with E-state index < -0.39 is 6.04 Å². The maximum atomic E-state index is 12.5. The van der Waals surface area contributed by atoms with Crippen molar-refractivity contribution in [3.05, 3.63) is 59.2 Å². The standard InChI is InChI=1S/C20H26N4O2.ClH/c1-4-23-17-11-13(3)10-15(12-17)18(20(25)26-5-2)24-16-8-6-14(7-9-16)19(21)22;/h6-12,18,23-24H,4-5H2,1-3H3,(H3,21,22);1H. The molecule has 1 atom stereocenters. The third-order valence-electron chi connectivity index (χ3n) is 3.84. The van der Waals surface area contributed by atoms with Crippen LogP contribution in [0.5, 0.6) is 0 Å². The number of anilines is 2. The first-order valence-corrected chi connectivity index (χ1v) is 8.67. The minimum Gasteiger partial charge on any atom is -0.464 e. The summed E-state index contributed by atoms with van der Waals surface area (Å²) >= 11 is 0. The summed E-state index contributed by atoms with van der Waals surface area (Å²) in [6.45, 7) is 6.92. The topological polar surface area (TPSA) is 100 Å². The largest absolute Gasteiger partial charge is 0.464 e. The Balaban J connectivity index is 0.00000364. The molecule has 0 aromatic heterocycles. The number of nitrogens with one attached hydrogen (secondary N) is 3. The van der Waals surface area contributed by atoms with Crippen LogP contribution in [0.15, 0.2) is 42.5 Å². The van der Waals surface area contributed by atoms with Gasteiger partial charge in [0.2, 0.25) is 0 Å². The van der Waals surface area contributed by atoms with E-state index in [9.17, 15) is 4.79 Å². The molecule has 5 N–H and O–H groups in total. The van der Waals surface area contributed by atoms with Crippen molar-refractivity contribution in [2.45, 2.75) is 26.8 Å². The van der Waals surface area contributed by atoms with Gasteiger partial charge in [0.1, 0.15) is 5.84 Å². The zero-order valence-electron chi connectivity index (χ0n) is 15.8. The molecule has 0 aliphatic heterocycles. The molecule has 0 saturated carbocycles. The lowest BCUT2D eigenvalue weighted by molar-refractivity contribution is -0.144. The molecular weight excluding hydrogens is 364 g/mol. The van der Waals surface area contributed by atoms with Gasteiger partial charge in [-0.15, -0.1) is 12.4 Å². The van der Waals surface area contributed by atoms with Crippen molar-refractivity contribution in [3.8, 4) is 0 Å². The van der Waals surface area contributed by atoms with Crippen LogP contribution in [0.3, 0.4) is 0 Å². The maximum absolute atomic E-state index is 12.5.